The zero-order valence-electron chi connectivity index (χ0n) is 19.5. The lowest BCUT2D eigenvalue weighted by Crippen LogP contribution is -2.54. The molecule has 1 saturated heterocycles. The van der Waals surface area contributed by atoms with Gasteiger partial charge in [-0.1, -0.05) is 30.3 Å². The van der Waals surface area contributed by atoms with Gasteiger partial charge in [0.25, 0.3) is 0 Å². The van der Waals surface area contributed by atoms with Crippen molar-refractivity contribution in [1.29, 1.82) is 0 Å². The highest BCUT2D eigenvalue weighted by Crippen LogP contribution is 2.46. The second-order valence-corrected chi connectivity index (χ2v) is 9.69. The van der Waals surface area contributed by atoms with Crippen LogP contribution in [0.4, 0.5) is 10.5 Å². The van der Waals surface area contributed by atoms with E-state index in [1.807, 2.05) is 11.9 Å². The lowest BCUT2D eigenvalue weighted by molar-refractivity contribution is 0.0658. The molecule has 1 aromatic heterocycles. The molecular formula is C25H31N7O. The van der Waals surface area contributed by atoms with Crippen molar-refractivity contribution in [2.75, 3.05) is 39.1 Å². The highest BCUT2D eigenvalue weighted by Gasteiger charge is 2.50. The van der Waals surface area contributed by atoms with Gasteiger partial charge >= 0.3 is 6.03 Å². The number of carbonyl (C=O) groups is 1. The third-order valence-corrected chi connectivity index (χ3v) is 7.43. The average molecular weight is 446 g/mol. The van der Waals surface area contributed by atoms with Crippen LogP contribution in [-0.4, -0.2) is 71.9 Å². The molecule has 2 aliphatic heterocycles. The third kappa shape index (κ3) is 3.88. The Kier molecular flexibility index (Phi) is 5.40. The Morgan fingerprint density at radius 1 is 1.03 bits per heavy atom. The molecule has 33 heavy (non-hydrogen) atoms. The van der Waals surface area contributed by atoms with Crippen LogP contribution < -0.4 is 10.2 Å². The summed E-state index contributed by atoms with van der Waals surface area (Å²) in [6.07, 6.45) is 10.9. The van der Waals surface area contributed by atoms with Gasteiger partial charge < -0.3 is 10.2 Å². The zero-order valence-corrected chi connectivity index (χ0v) is 19.5. The van der Waals surface area contributed by atoms with Gasteiger partial charge in [0.05, 0.1) is 36.5 Å². The number of aromatic nitrogens is 2. The first kappa shape index (κ1) is 21.6. The topological polar surface area (TPSA) is 77.0 Å². The normalized spacial score (nSPS) is 27.3. The van der Waals surface area contributed by atoms with Crippen molar-refractivity contribution in [3.05, 3.63) is 60.3 Å². The molecule has 3 aliphatic rings. The summed E-state index contributed by atoms with van der Waals surface area (Å²) in [5.74, 6) is 0.646. The molecular weight excluding hydrogens is 414 g/mol. The van der Waals surface area contributed by atoms with Crippen LogP contribution in [0, 0.1) is 0 Å². The second-order valence-electron chi connectivity index (χ2n) is 9.69. The average Bonchev–Trinajstić information content (AvgIpc) is 3.16. The number of hydrogen-bond donors (Lipinski definition) is 1. The summed E-state index contributed by atoms with van der Waals surface area (Å²) in [7, 11) is 6.29. The molecule has 1 saturated carbocycles. The van der Waals surface area contributed by atoms with Gasteiger partial charge in [0.15, 0.2) is 5.82 Å². The Hall–Kier alpha value is -3.26. The van der Waals surface area contributed by atoms with Crippen molar-refractivity contribution in [1.82, 2.24) is 25.1 Å². The van der Waals surface area contributed by atoms with E-state index in [1.54, 1.807) is 29.8 Å². The van der Waals surface area contributed by atoms with Crippen molar-refractivity contribution in [2.45, 2.75) is 36.8 Å². The van der Waals surface area contributed by atoms with Crippen LogP contribution in [0.25, 0.3) is 5.57 Å². The minimum Gasteiger partial charge on any atom is -0.361 e. The Bertz CT molecular complexity index is 1070. The fourth-order valence-electron chi connectivity index (χ4n) is 5.43. The number of nitrogens with zero attached hydrogens (tertiary/aromatic N) is 6. The Balaban J connectivity index is 1.31. The predicted molar refractivity (Wildman–Crippen MR) is 130 cm³/mol. The second kappa shape index (κ2) is 8.26. The summed E-state index contributed by atoms with van der Waals surface area (Å²) >= 11 is 0. The van der Waals surface area contributed by atoms with Gasteiger partial charge in [0.1, 0.15) is 0 Å². The van der Waals surface area contributed by atoms with E-state index in [2.05, 4.69) is 69.6 Å². The van der Waals surface area contributed by atoms with E-state index >= 15 is 0 Å². The molecule has 0 atom stereocenters. The van der Waals surface area contributed by atoms with Gasteiger partial charge in [-0.25, -0.2) is 19.8 Å². The predicted octanol–water partition coefficient (Wildman–Crippen LogP) is 3.09. The molecule has 2 amide bonds. The fraction of sp³-hybridized carbons (Fsp3) is 0.440. The van der Waals surface area contributed by atoms with E-state index in [0.717, 1.165) is 36.9 Å². The first-order valence-corrected chi connectivity index (χ1v) is 11.5. The lowest BCUT2D eigenvalue weighted by atomic mass is 9.69. The molecule has 0 unspecified atom stereocenters. The quantitative estimate of drug-likeness (QED) is 0.783. The highest BCUT2D eigenvalue weighted by atomic mass is 16.2. The number of carbonyl (C=O) groups excluding carboxylic acids is 1. The number of amides is 2. The minimum absolute atomic E-state index is 0.00121. The molecule has 1 aliphatic carbocycles. The van der Waals surface area contributed by atoms with Crippen LogP contribution in [0.3, 0.4) is 0 Å². The zero-order chi connectivity index (χ0) is 23.1. The first-order chi connectivity index (χ1) is 15.9. The van der Waals surface area contributed by atoms with Gasteiger partial charge in [-0.3, -0.25) is 9.80 Å². The van der Waals surface area contributed by atoms with Crippen molar-refractivity contribution >= 4 is 23.6 Å². The van der Waals surface area contributed by atoms with Crippen LogP contribution in [0.15, 0.2) is 53.9 Å². The molecule has 1 N–H and O–H groups in total. The number of hydrogen-bond acceptors (Lipinski definition) is 6. The molecule has 5 rings (SSSR count). The molecule has 2 aromatic rings. The van der Waals surface area contributed by atoms with E-state index in [1.165, 1.54) is 5.56 Å². The standard InChI is InChI=1S/C25H31N7O/c1-30(2)25(20-7-5-4-6-8-20)11-9-24(10-12-25)17-32(23(33)29-24)21-14-27-22(28-15-21)19-13-26-18-31(3)16-19/h4-8,13-15,18H,9-12,16-17H2,1-3H3,(H,29,33). The number of urea groups is 1. The van der Waals surface area contributed by atoms with E-state index in [9.17, 15) is 4.79 Å². The maximum Gasteiger partial charge on any atom is 0.322 e. The largest absolute Gasteiger partial charge is 0.361 e. The van der Waals surface area contributed by atoms with E-state index in [0.29, 0.717) is 18.9 Å². The van der Waals surface area contributed by atoms with Gasteiger partial charge in [0, 0.05) is 30.9 Å². The first-order valence-electron chi connectivity index (χ1n) is 11.5. The molecule has 1 aromatic carbocycles. The van der Waals surface area contributed by atoms with Gasteiger partial charge in [-0.2, -0.15) is 0 Å². The summed E-state index contributed by atoms with van der Waals surface area (Å²) < 4.78 is 0. The Morgan fingerprint density at radius 2 is 1.73 bits per heavy atom. The number of anilines is 1. The molecule has 0 bridgehead atoms. The molecule has 172 valence electrons. The maximum absolute atomic E-state index is 13.0. The van der Waals surface area contributed by atoms with Gasteiger partial charge in [-0.05, 0) is 45.3 Å². The molecule has 1 spiro atoms. The monoisotopic (exact) mass is 445 g/mol. The van der Waals surface area contributed by atoms with Gasteiger partial charge in [0.2, 0.25) is 0 Å². The molecule has 0 radical (unpaired) electrons. The van der Waals surface area contributed by atoms with Crippen molar-refractivity contribution in [2.24, 2.45) is 4.99 Å². The summed E-state index contributed by atoms with van der Waals surface area (Å²) in [4.78, 5) is 32.3. The van der Waals surface area contributed by atoms with Crippen LogP contribution in [-0.2, 0) is 5.54 Å². The van der Waals surface area contributed by atoms with Crippen molar-refractivity contribution in [3.63, 3.8) is 0 Å². The molecule has 2 fully saturated rings. The number of nitrogens with one attached hydrogen (secondary N) is 1. The summed E-state index contributed by atoms with van der Waals surface area (Å²) in [6, 6.07) is 10.7. The number of rotatable bonds is 4. The smallest absolute Gasteiger partial charge is 0.322 e. The number of benzene rings is 1. The van der Waals surface area contributed by atoms with E-state index < -0.39 is 0 Å². The summed E-state index contributed by atoms with van der Waals surface area (Å²) in [5.41, 5.74) is 2.82. The fourth-order valence-corrected chi connectivity index (χ4v) is 5.43. The van der Waals surface area contributed by atoms with E-state index in [4.69, 9.17) is 0 Å². The Labute approximate surface area is 195 Å². The van der Waals surface area contributed by atoms with Crippen LogP contribution >= 0.6 is 0 Å². The number of likely N-dealkylation sites (N-methyl/N-ethyl adjacent to an activating group) is 1. The Morgan fingerprint density at radius 3 is 2.36 bits per heavy atom. The summed E-state index contributed by atoms with van der Waals surface area (Å²) in [5, 5.41) is 3.31. The summed E-state index contributed by atoms with van der Waals surface area (Å²) in [6.45, 7) is 1.35. The van der Waals surface area contributed by atoms with Crippen LogP contribution in [0.1, 0.15) is 37.1 Å². The SMILES string of the molecule is CN1C=NC=C(c2ncc(N3CC4(CCC(c5ccccc5)(N(C)C)CC4)NC3=O)cn2)C1. The molecule has 8 nitrogen and oxygen atoms in total. The van der Waals surface area contributed by atoms with Crippen LogP contribution in [0.2, 0.25) is 0 Å². The highest BCUT2D eigenvalue weighted by molar-refractivity contribution is 5.95. The third-order valence-electron chi connectivity index (χ3n) is 7.43. The van der Waals surface area contributed by atoms with Gasteiger partial charge in [-0.15, -0.1) is 0 Å². The van der Waals surface area contributed by atoms with Crippen LogP contribution in [0.5, 0.6) is 0 Å². The molecule has 3 heterocycles. The lowest BCUT2D eigenvalue weighted by Gasteiger charge is -2.48. The maximum atomic E-state index is 13.0. The minimum atomic E-state index is -0.215. The van der Waals surface area contributed by atoms with Crippen molar-refractivity contribution < 1.29 is 4.79 Å². The number of aliphatic imine (C=N–C) groups is 1. The van der Waals surface area contributed by atoms with E-state index in [-0.39, 0.29) is 17.1 Å². The molecule has 8 heteroatoms. The van der Waals surface area contributed by atoms with Crippen molar-refractivity contribution in [3.8, 4) is 0 Å².